The zero-order valence-electron chi connectivity index (χ0n) is 23.3. The molecule has 210 valence electrons. The van der Waals surface area contributed by atoms with E-state index in [0.717, 1.165) is 11.4 Å². The molecule has 43 heavy (non-hydrogen) atoms. The maximum absolute atomic E-state index is 5.97. The van der Waals surface area contributed by atoms with E-state index in [0.29, 0.717) is 0 Å². The number of halogens is 3. The van der Waals surface area contributed by atoms with Crippen molar-refractivity contribution in [3.05, 3.63) is 185 Å². The van der Waals surface area contributed by atoms with Crippen LogP contribution >= 0.6 is 11.6 Å². The van der Waals surface area contributed by atoms with E-state index in [1.807, 2.05) is 60.7 Å². The Balaban J connectivity index is 0.000000169. The molecule has 1 aliphatic rings. The Morgan fingerprint density at radius 1 is 0.651 bits per heavy atom. The van der Waals surface area contributed by atoms with Gasteiger partial charge in [-0.2, -0.15) is 18.2 Å². The minimum absolute atomic E-state index is 0. The van der Waals surface area contributed by atoms with Gasteiger partial charge in [0.1, 0.15) is 0 Å². The predicted molar refractivity (Wildman–Crippen MR) is 172 cm³/mol. The molecule has 0 heterocycles. The van der Waals surface area contributed by atoms with E-state index in [1.165, 1.54) is 82.4 Å². The number of benzene rings is 6. The van der Waals surface area contributed by atoms with Gasteiger partial charge in [-0.05, 0) is 28.5 Å². The summed E-state index contributed by atoms with van der Waals surface area (Å²) < 4.78 is 1.34. The van der Waals surface area contributed by atoms with Crippen LogP contribution in [0.4, 0.5) is 0 Å². The van der Waals surface area contributed by atoms with Crippen molar-refractivity contribution >= 4 is 36.4 Å². The van der Waals surface area contributed by atoms with Crippen LogP contribution in [0.15, 0.2) is 152 Å². The molecule has 0 saturated heterocycles. The van der Waals surface area contributed by atoms with Gasteiger partial charge in [0.2, 0.25) is 0 Å². The molecule has 0 nitrogen and oxygen atoms in total. The Kier molecular flexibility index (Phi) is 11.8. The minimum atomic E-state index is 0. The largest absolute Gasteiger partial charge is 1.00 e. The third-order valence-corrected chi connectivity index (χ3v) is 8.99. The van der Waals surface area contributed by atoms with Gasteiger partial charge in [-0.3, -0.25) is 0 Å². The Bertz CT molecular complexity index is 1930. The third-order valence-electron chi connectivity index (χ3n) is 7.33. The molecule has 0 aromatic heterocycles. The molecule has 0 N–H and O–H groups in total. The zero-order valence-corrected chi connectivity index (χ0v) is 28.0. The number of hydrogen-bond acceptors (Lipinski definition) is 0. The maximum Gasteiger partial charge on any atom is -0.0240 e. The fraction of sp³-hybridized carbons (Fsp3) is 0.0256. The van der Waals surface area contributed by atoms with Crippen molar-refractivity contribution in [1.82, 2.24) is 0 Å². The molecule has 1 aliphatic carbocycles. The molecular weight excluding hydrogens is 666 g/mol. The Morgan fingerprint density at radius 3 is 2.02 bits per heavy atom. The van der Waals surface area contributed by atoms with Crippen LogP contribution in [0.3, 0.4) is 0 Å². The summed E-state index contributed by atoms with van der Waals surface area (Å²) in [5, 5.41) is 6.09. The van der Waals surface area contributed by atoms with Gasteiger partial charge in [0.15, 0.2) is 0 Å². The first-order valence-electron chi connectivity index (χ1n) is 13.7. The van der Waals surface area contributed by atoms with Crippen molar-refractivity contribution < 1.29 is 49.0 Å². The predicted octanol–water partition coefficient (Wildman–Crippen LogP) is 4.23. The smallest absolute Gasteiger partial charge is 0.0240 e. The average Bonchev–Trinajstić information content (AvgIpc) is 3.74. The molecule has 7 aromatic carbocycles. The van der Waals surface area contributed by atoms with Crippen LogP contribution in [0.1, 0.15) is 22.3 Å². The van der Waals surface area contributed by atoms with E-state index in [1.54, 1.807) is 0 Å². The van der Waals surface area contributed by atoms with Crippen molar-refractivity contribution in [3.63, 3.8) is 0 Å². The third kappa shape index (κ3) is 7.31. The van der Waals surface area contributed by atoms with E-state index in [4.69, 9.17) is 11.6 Å². The summed E-state index contributed by atoms with van der Waals surface area (Å²) >= 11 is 7.38. The summed E-state index contributed by atoms with van der Waals surface area (Å²) in [7, 11) is 0. The number of rotatable bonds is 2. The molecule has 4 heteroatoms. The zero-order chi connectivity index (χ0) is 28.0. The van der Waals surface area contributed by atoms with Gasteiger partial charge in [-0.15, -0.1) is 40.6 Å². The fourth-order valence-electron chi connectivity index (χ4n) is 5.46. The first-order chi connectivity index (χ1) is 20.2. The van der Waals surface area contributed by atoms with Gasteiger partial charge in [-0.1, -0.05) is 53.9 Å². The van der Waals surface area contributed by atoms with Crippen molar-refractivity contribution in [2.24, 2.45) is 0 Å². The SMILES string of the molecule is Clc1cccc([C](=[Zr+2])c2ccccc2)c1.[Cl-].[Cl-].[c-]1cccc2c1c1c(c3ccccc32)-c2ccccc2C1.c1cc[cH-]c1. The molecule has 0 fully saturated rings. The van der Waals surface area contributed by atoms with Gasteiger partial charge < -0.3 is 24.8 Å². The van der Waals surface area contributed by atoms with Crippen LogP contribution in [0, 0.1) is 6.07 Å². The van der Waals surface area contributed by atoms with Crippen LogP contribution in [-0.2, 0) is 30.7 Å². The quantitative estimate of drug-likeness (QED) is 0.188. The summed E-state index contributed by atoms with van der Waals surface area (Å²) in [6.45, 7) is 0. The number of fused-ring (bicyclic) bond motifs is 8. The van der Waals surface area contributed by atoms with E-state index in [-0.39, 0.29) is 24.8 Å². The van der Waals surface area contributed by atoms with Crippen LogP contribution < -0.4 is 24.8 Å². The average molecular weight is 693 g/mol. The van der Waals surface area contributed by atoms with Gasteiger partial charge in [-0.25, -0.2) is 12.1 Å². The number of hydrogen-bond donors (Lipinski definition) is 0. The second kappa shape index (κ2) is 15.5. The summed E-state index contributed by atoms with van der Waals surface area (Å²) in [6.07, 6.45) is 1.02. The van der Waals surface area contributed by atoms with Crippen molar-refractivity contribution in [1.29, 1.82) is 0 Å². The summed E-state index contributed by atoms with van der Waals surface area (Å²) in [5.41, 5.74) is 8.16. The molecule has 0 amide bonds. The van der Waals surface area contributed by atoms with Gasteiger partial charge in [0.05, 0.1) is 0 Å². The fourth-order valence-corrected chi connectivity index (χ4v) is 6.45. The molecular formula is C39H27Cl3Zr-2. The maximum atomic E-state index is 5.97. The van der Waals surface area contributed by atoms with Crippen molar-refractivity contribution in [2.75, 3.05) is 0 Å². The molecule has 0 unspecified atom stereocenters. The van der Waals surface area contributed by atoms with Crippen LogP contribution in [0.2, 0.25) is 5.02 Å². The van der Waals surface area contributed by atoms with Crippen LogP contribution in [-0.4, -0.2) is 3.21 Å². The first-order valence-corrected chi connectivity index (χ1v) is 15.3. The van der Waals surface area contributed by atoms with E-state index in [2.05, 4.69) is 97.1 Å². The van der Waals surface area contributed by atoms with Crippen LogP contribution in [0.25, 0.3) is 32.7 Å². The van der Waals surface area contributed by atoms with E-state index >= 15 is 0 Å². The van der Waals surface area contributed by atoms with Crippen molar-refractivity contribution in [3.8, 4) is 11.1 Å². The first kappa shape index (κ1) is 32.7. The second-order valence-electron chi connectivity index (χ2n) is 9.91. The molecule has 0 radical (unpaired) electrons. The Hall–Kier alpha value is -3.19. The molecule has 0 saturated carbocycles. The van der Waals surface area contributed by atoms with E-state index in [9.17, 15) is 0 Å². The summed E-state index contributed by atoms with van der Waals surface area (Å²) in [4.78, 5) is 0. The Morgan fingerprint density at radius 2 is 1.30 bits per heavy atom. The molecule has 7 aromatic rings. The van der Waals surface area contributed by atoms with Crippen LogP contribution in [0.5, 0.6) is 0 Å². The van der Waals surface area contributed by atoms with E-state index < -0.39 is 0 Å². The van der Waals surface area contributed by atoms with Gasteiger partial charge in [0, 0.05) is 0 Å². The Labute approximate surface area is 285 Å². The molecule has 0 bridgehead atoms. The monoisotopic (exact) mass is 690 g/mol. The molecule has 8 rings (SSSR count). The van der Waals surface area contributed by atoms with Gasteiger partial charge >= 0.3 is 110 Å². The normalized spacial score (nSPS) is 10.6. The molecule has 0 atom stereocenters. The summed E-state index contributed by atoms with van der Waals surface area (Å²) in [6, 6.07) is 55.8. The molecule has 0 aliphatic heterocycles. The minimum Gasteiger partial charge on any atom is -1.00 e. The molecule has 0 spiro atoms. The standard InChI is InChI=1S/C21H13.C13H9Cl.C5H5.2ClH.Zr/c1-2-8-15-14(7-1)13-20-18-11-4-3-9-16(18)17-10-5-6-12-19(17)21(15)20;14-13-8-4-7-12(10-13)9-11-5-2-1-3-6-11;1-2-4-5-3-1;;;/h1-10,12H,13H2;1-8,10H;1-5H;2*1H;/q-1;;-1;;;+2/p-2. The topological polar surface area (TPSA) is 0 Å². The van der Waals surface area contributed by atoms with Crippen molar-refractivity contribution in [2.45, 2.75) is 6.42 Å². The second-order valence-corrected chi connectivity index (χ2v) is 11.6. The summed E-state index contributed by atoms with van der Waals surface area (Å²) in [5.74, 6) is 0. The van der Waals surface area contributed by atoms with Gasteiger partial charge in [0.25, 0.3) is 0 Å².